The van der Waals surface area contributed by atoms with Crippen molar-refractivity contribution in [1.29, 1.82) is 0 Å². The molecule has 1 heterocycles. The number of thiazole rings is 1. The summed E-state index contributed by atoms with van der Waals surface area (Å²) in [6, 6.07) is 9.02. The predicted molar refractivity (Wildman–Crippen MR) is 122 cm³/mol. The monoisotopic (exact) mass is 468 g/mol. The summed E-state index contributed by atoms with van der Waals surface area (Å²) in [4.78, 5) is 16.6. The van der Waals surface area contributed by atoms with E-state index in [0.29, 0.717) is 40.3 Å². The van der Waals surface area contributed by atoms with Crippen LogP contribution in [0.4, 0.5) is 5.13 Å². The van der Waals surface area contributed by atoms with Crippen molar-refractivity contribution in [2.24, 2.45) is 0 Å². The van der Waals surface area contributed by atoms with Crippen LogP contribution in [0.1, 0.15) is 24.0 Å². The number of amides is 1. The molecule has 8 heteroatoms. The van der Waals surface area contributed by atoms with Crippen molar-refractivity contribution in [3.63, 3.8) is 0 Å². The van der Waals surface area contributed by atoms with Crippen LogP contribution in [0, 0.1) is 13.8 Å². The molecule has 0 bridgehead atoms. The lowest BCUT2D eigenvalue weighted by molar-refractivity contribution is -0.116. The number of nitrogens with zero attached hydrogens (tertiary/aromatic N) is 1. The average Bonchev–Trinajstić information content (AvgIpc) is 3.11. The van der Waals surface area contributed by atoms with E-state index >= 15 is 0 Å². The van der Waals surface area contributed by atoms with Crippen molar-refractivity contribution in [1.82, 2.24) is 4.98 Å². The van der Waals surface area contributed by atoms with Gasteiger partial charge in [0, 0.05) is 27.4 Å². The number of anilines is 1. The van der Waals surface area contributed by atoms with E-state index in [1.165, 1.54) is 11.3 Å². The van der Waals surface area contributed by atoms with Crippen LogP contribution < -0.4 is 10.1 Å². The summed E-state index contributed by atoms with van der Waals surface area (Å²) in [5.74, 6) is 0.648. The predicted octanol–water partition coefficient (Wildman–Crippen LogP) is 7.18. The van der Waals surface area contributed by atoms with Crippen LogP contribution in [-0.4, -0.2) is 17.5 Å². The maximum atomic E-state index is 12.2. The maximum absolute atomic E-state index is 12.2. The molecule has 152 valence electrons. The Balaban J connectivity index is 1.48. The molecule has 0 atom stereocenters. The molecule has 0 unspecified atom stereocenters. The number of ether oxygens (including phenoxy) is 1. The van der Waals surface area contributed by atoms with E-state index in [4.69, 9.17) is 39.5 Å². The summed E-state index contributed by atoms with van der Waals surface area (Å²) in [6.45, 7) is 4.32. The first-order chi connectivity index (χ1) is 13.8. The Morgan fingerprint density at radius 2 is 1.86 bits per heavy atom. The maximum Gasteiger partial charge on any atom is 0.226 e. The largest absolute Gasteiger partial charge is 0.494 e. The smallest absolute Gasteiger partial charge is 0.226 e. The van der Waals surface area contributed by atoms with E-state index in [2.05, 4.69) is 10.3 Å². The number of rotatable bonds is 7. The van der Waals surface area contributed by atoms with Crippen molar-refractivity contribution >= 4 is 57.2 Å². The minimum atomic E-state index is -0.111. The van der Waals surface area contributed by atoms with Gasteiger partial charge in [-0.1, -0.05) is 34.8 Å². The number of halogens is 3. The van der Waals surface area contributed by atoms with Gasteiger partial charge in [-0.2, -0.15) is 0 Å². The molecule has 3 aromatic rings. The molecule has 0 radical (unpaired) electrons. The molecule has 0 saturated heterocycles. The molecule has 2 aromatic carbocycles. The fourth-order valence-corrected chi connectivity index (χ4v) is 4.09. The van der Waals surface area contributed by atoms with E-state index in [9.17, 15) is 4.79 Å². The third-order valence-corrected chi connectivity index (χ3v) is 6.09. The van der Waals surface area contributed by atoms with Crippen LogP contribution in [0.5, 0.6) is 5.75 Å². The van der Waals surface area contributed by atoms with Gasteiger partial charge in [0.15, 0.2) is 5.13 Å². The molecule has 0 fully saturated rings. The summed E-state index contributed by atoms with van der Waals surface area (Å²) in [5.41, 5.74) is 3.41. The Hall–Kier alpha value is -1.79. The molecule has 0 aliphatic heterocycles. The van der Waals surface area contributed by atoms with Crippen molar-refractivity contribution in [3.05, 3.63) is 61.9 Å². The molecule has 0 saturated carbocycles. The highest BCUT2D eigenvalue weighted by molar-refractivity contribution is 7.14. The Kier molecular flexibility index (Phi) is 7.41. The van der Waals surface area contributed by atoms with Gasteiger partial charge >= 0.3 is 0 Å². The summed E-state index contributed by atoms with van der Waals surface area (Å²) in [5, 5.41) is 7.02. The van der Waals surface area contributed by atoms with Gasteiger partial charge in [0.2, 0.25) is 5.91 Å². The number of nitrogens with one attached hydrogen (secondary N) is 1. The molecule has 1 amide bonds. The van der Waals surface area contributed by atoms with E-state index in [-0.39, 0.29) is 5.91 Å². The van der Waals surface area contributed by atoms with Gasteiger partial charge < -0.3 is 10.1 Å². The zero-order chi connectivity index (χ0) is 21.0. The molecule has 0 aliphatic rings. The normalized spacial score (nSPS) is 10.8. The molecule has 1 N–H and O–H groups in total. The lowest BCUT2D eigenvalue weighted by atomic mass is 10.1. The Bertz CT molecular complexity index is 1010. The van der Waals surface area contributed by atoms with Gasteiger partial charge in [0.05, 0.1) is 17.3 Å². The first-order valence-corrected chi connectivity index (χ1v) is 10.9. The fraction of sp³-hybridized carbons (Fsp3) is 0.238. The van der Waals surface area contributed by atoms with Gasteiger partial charge in [-0.25, -0.2) is 4.98 Å². The van der Waals surface area contributed by atoms with E-state index in [0.717, 1.165) is 27.5 Å². The third kappa shape index (κ3) is 5.86. The van der Waals surface area contributed by atoms with Crippen molar-refractivity contribution in [2.75, 3.05) is 11.9 Å². The lowest BCUT2D eigenvalue weighted by Crippen LogP contribution is -2.12. The van der Waals surface area contributed by atoms with E-state index < -0.39 is 0 Å². The minimum Gasteiger partial charge on any atom is -0.494 e. The lowest BCUT2D eigenvalue weighted by Gasteiger charge is -2.10. The molecule has 1 aromatic heterocycles. The fourth-order valence-electron chi connectivity index (χ4n) is 2.75. The average molecular weight is 470 g/mol. The second-order valence-electron chi connectivity index (χ2n) is 6.53. The number of aromatic nitrogens is 1. The molecular formula is C21H19Cl3N2O2S. The highest BCUT2D eigenvalue weighted by Crippen LogP contribution is 2.32. The van der Waals surface area contributed by atoms with Gasteiger partial charge in [-0.3, -0.25) is 4.79 Å². The molecule has 29 heavy (non-hydrogen) atoms. The van der Waals surface area contributed by atoms with Crippen LogP contribution in [0.3, 0.4) is 0 Å². The first-order valence-electron chi connectivity index (χ1n) is 8.94. The van der Waals surface area contributed by atoms with Crippen LogP contribution in [0.25, 0.3) is 11.3 Å². The topological polar surface area (TPSA) is 51.2 Å². The van der Waals surface area contributed by atoms with E-state index in [1.54, 1.807) is 12.1 Å². The SMILES string of the molecule is Cc1cc(OCCCC(=O)Nc2nc(-c3ccc(Cl)cc3Cl)cs2)cc(C)c1Cl. The first kappa shape index (κ1) is 21.9. The molecule has 0 spiro atoms. The van der Waals surface area contributed by atoms with Gasteiger partial charge in [-0.05, 0) is 61.7 Å². The van der Waals surface area contributed by atoms with Gasteiger partial charge in [-0.15, -0.1) is 11.3 Å². The second kappa shape index (κ2) is 9.81. The van der Waals surface area contributed by atoms with Gasteiger partial charge in [0.25, 0.3) is 0 Å². The Labute approximate surface area is 188 Å². The Morgan fingerprint density at radius 3 is 2.55 bits per heavy atom. The van der Waals surface area contributed by atoms with Crippen molar-refractivity contribution in [3.8, 4) is 17.0 Å². The molecular weight excluding hydrogens is 451 g/mol. The molecule has 3 rings (SSSR count). The number of aryl methyl sites for hydroxylation is 2. The Morgan fingerprint density at radius 1 is 1.14 bits per heavy atom. The van der Waals surface area contributed by atoms with Crippen molar-refractivity contribution in [2.45, 2.75) is 26.7 Å². The van der Waals surface area contributed by atoms with Gasteiger partial charge in [0.1, 0.15) is 5.75 Å². The zero-order valence-corrected chi connectivity index (χ0v) is 19.0. The molecule has 0 aliphatic carbocycles. The highest BCUT2D eigenvalue weighted by atomic mass is 35.5. The molecule has 4 nitrogen and oxygen atoms in total. The minimum absolute atomic E-state index is 0.111. The summed E-state index contributed by atoms with van der Waals surface area (Å²) in [7, 11) is 0. The number of hydrogen-bond donors (Lipinski definition) is 1. The van der Waals surface area contributed by atoms with E-state index in [1.807, 2.05) is 37.4 Å². The van der Waals surface area contributed by atoms with Crippen LogP contribution in [0.2, 0.25) is 15.1 Å². The highest BCUT2D eigenvalue weighted by Gasteiger charge is 2.11. The second-order valence-corrected chi connectivity index (χ2v) is 8.61. The standard InChI is InChI=1S/C21H19Cl3N2O2S/c1-12-8-15(9-13(2)20(12)24)28-7-3-4-19(27)26-21-25-18(11-29-21)16-6-5-14(22)10-17(16)23/h5-6,8-11H,3-4,7H2,1-2H3,(H,25,26,27). The zero-order valence-electron chi connectivity index (χ0n) is 15.9. The quantitative estimate of drug-likeness (QED) is 0.373. The number of carbonyl (C=O) groups is 1. The summed E-state index contributed by atoms with van der Waals surface area (Å²) in [6.07, 6.45) is 0.927. The number of carbonyl (C=O) groups excluding carboxylic acids is 1. The van der Waals surface area contributed by atoms with Crippen LogP contribution in [0.15, 0.2) is 35.7 Å². The number of hydrogen-bond acceptors (Lipinski definition) is 4. The number of benzene rings is 2. The van der Waals surface area contributed by atoms with Crippen LogP contribution in [-0.2, 0) is 4.79 Å². The van der Waals surface area contributed by atoms with Crippen LogP contribution >= 0.6 is 46.1 Å². The van der Waals surface area contributed by atoms with Crippen molar-refractivity contribution < 1.29 is 9.53 Å². The third-order valence-electron chi connectivity index (χ3n) is 4.18. The summed E-state index contributed by atoms with van der Waals surface area (Å²) >= 11 is 19.6. The summed E-state index contributed by atoms with van der Waals surface area (Å²) < 4.78 is 5.73.